The standard InChI is InChI=1S/C27H28FN3O4/c1-17(2)20-7-3-18(4-8-20)6-12-24(34)30-27(15-32,16-33)14-19-5-11-22(23(28)13-19)25-29-26(35-31-25)21-9-10-21/h3-8,11-13,15,17,21,33H,9-10,14,16H2,1-2H3,(H,30,34). The van der Waals surface area contributed by atoms with Crippen molar-refractivity contribution in [1.82, 2.24) is 15.5 Å². The first kappa shape index (κ1) is 24.5. The molecule has 0 spiro atoms. The maximum absolute atomic E-state index is 14.8. The normalized spacial score (nSPS) is 15.3. The van der Waals surface area contributed by atoms with Crippen LogP contribution in [0.4, 0.5) is 4.39 Å². The molecular formula is C27H28FN3O4. The van der Waals surface area contributed by atoms with E-state index < -0.39 is 23.9 Å². The van der Waals surface area contributed by atoms with Crippen LogP contribution >= 0.6 is 0 Å². The van der Waals surface area contributed by atoms with Crippen LogP contribution in [-0.4, -0.2) is 39.6 Å². The van der Waals surface area contributed by atoms with E-state index in [2.05, 4.69) is 29.3 Å². The largest absolute Gasteiger partial charge is 0.393 e. The summed E-state index contributed by atoms with van der Waals surface area (Å²) in [7, 11) is 0. The van der Waals surface area contributed by atoms with E-state index in [0.717, 1.165) is 18.4 Å². The highest BCUT2D eigenvalue weighted by Gasteiger charge is 2.32. The number of hydrogen-bond acceptors (Lipinski definition) is 6. The monoisotopic (exact) mass is 477 g/mol. The van der Waals surface area contributed by atoms with E-state index in [4.69, 9.17) is 4.52 Å². The van der Waals surface area contributed by atoms with Crippen LogP contribution in [0.25, 0.3) is 17.5 Å². The summed E-state index contributed by atoms with van der Waals surface area (Å²) < 4.78 is 20.0. The molecule has 2 aromatic carbocycles. The molecule has 0 saturated heterocycles. The highest BCUT2D eigenvalue weighted by Crippen LogP contribution is 2.39. The minimum absolute atomic E-state index is 0.0908. The van der Waals surface area contributed by atoms with Crippen molar-refractivity contribution < 1.29 is 23.6 Å². The third kappa shape index (κ3) is 5.89. The molecule has 1 atom stereocenters. The predicted molar refractivity (Wildman–Crippen MR) is 129 cm³/mol. The fourth-order valence-corrected chi connectivity index (χ4v) is 3.75. The molecule has 1 amide bonds. The fourth-order valence-electron chi connectivity index (χ4n) is 3.75. The molecule has 1 fully saturated rings. The second kappa shape index (κ2) is 10.3. The lowest BCUT2D eigenvalue weighted by Gasteiger charge is -2.26. The highest BCUT2D eigenvalue weighted by atomic mass is 19.1. The average molecular weight is 478 g/mol. The van der Waals surface area contributed by atoms with E-state index in [-0.39, 0.29) is 23.7 Å². The van der Waals surface area contributed by atoms with E-state index in [9.17, 15) is 19.1 Å². The van der Waals surface area contributed by atoms with Crippen molar-refractivity contribution >= 4 is 18.3 Å². The third-order valence-corrected chi connectivity index (χ3v) is 6.07. The van der Waals surface area contributed by atoms with Crippen molar-refractivity contribution in [1.29, 1.82) is 0 Å². The Bertz CT molecular complexity index is 1230. The quantitative estimate of drug-likeness (QED) is 0.335. The number of aldehydes is 1. The summed E-state index contributed by atoms with van der Waals surface area (Å²) in [4.78, 5) is 28.7. The Morgan fingerprint density at radius 2 is 2.00 bits per heavy atom. The van der Waals surface area contributed by atoms with Gasteiger partial charge in [0.1, 0.15) is 17.6 Å². The number of benzene rings is 2. The maximum atomic E-state index is 14.8. The Balaban J connectivity index is 1.44. The minimum atomic E-state index is -1.60. The lowest BCUT2D eigenvalue weighted by Crippen LogP contribution is -2.54. The smallest absolute Gasteiger partial charge is 0.244 e. The summed E-state index contributed by atoms with van der Waals surface area (Å²) >= 11 is 0. The van der Waals surface area contributed by atoms with Crippen LogP contribution in [0.5, 0.6) is 0 Å². The van der Waals surface area contributed by atoms with Gasteiger partial charge in [0.15, 0.2) is 0 Å². The van der Waals surface area contributed by atoms with Crippen LogP contribution in [0.3, 0.4) is 0 Å². The molecule has 3 aromatic rings. The number of carbonyl (C=O) groups excluding carboxylic acids is 2. The van der Waals surface area contributed by atoms with Gasteiger partial charge in [-0.15, -0.1) is 0 Å². The lowest BCUT2D eigenvalue weighted by molar-refractivity contribution is -0.124. The Labute approximate surface area is 203 Å². The summed E-state index contributed by atoms with van der Waals surface area (Å²) in [5.74, 6) is 0.207. The second-order valence-corrected chi connectivity index (χ2v) is 9.30. The van der Waals surface area contributed by atoms with Crippen molar-refractivity contribution in [3.8, 4) is 11.4 Å². The van der Waals surface area contributed by atoms with Crippen LogP contribution in [0, 0.1) is 5.82 Å². The third-order valence-electron chi connectivity index (χ3n) is 6.07. The summed E-state index contributed by atoms with van der Waals surface area (Å²) in [6.45, 7) is 3.56. The van der Waals surface area contributed by atoms with Gasteiger partial charge in [0.2, 0.25) is 17.6 Å². The first-order chi connectivity index (χ1) is 16.8. The van der Waals surface area contributed by atoms with Crippen LogP contribution in [-0.2, 0) is 16.0 Å². The molecule has 0 aliphatic heterocycles. The molecule has 1 aromatic heterocycles. The van der Waals surface area contributed by atoms with Gasteiger partial charge in [-0.3, -0.25) is 4.79 Å². The van der Waals surface area contributed by atoms with Crippen molar-refractivity contribution in [2.24, 2.45) is 0 Å². The number of halogens is 1. The number of rotatable bonds is 10. The number of amides is 1. The SMILES string of the molecule is CC(C)c1ccc(C=CC(=O)NC(C=O)(CO)Cc2ccc(-c3noc(C4CC4)n3)c(F)c2)cc1. The van der Waals surface area contributed by atoms with Gasteiger partial charge in [-0.1, -0.05) is 49.3 Å². The molecule has 1 unspecified atom stereocenters. The number of aliphatic hydroxyl groups excluding tert-OH is 1. The van der Waals surface area contributed by atoms with Gasteiger partial charge >= 0.3 is 0 Å². The first-order valence-corrected chi connectivity index (χ1v) is 11.6. The summed E-state index contributed by atoms with van der Waals surface area (Å²) in [5, 5.41) is 16.3. The molecule has 4 rings (SSSR count). The van der Waals surface area contributed by atoms with Gasteiger partial charge in [-0.25, -0.2) is 4.39 Å². The number of aliphatic hydroxyl groups is 1. The summed E-state index contributed by atoms with van der Waals surface area (Å²) in [5.41, 5.74) is 1.02. The minimum Gasteiger partial charge on any atom is -0.393 e. The van der Waals surface area contributed by atoms with Gasteiger partial charge < -0.3 is 19.7 Å². The van der Waals surface area contributed by atoms with E-state index in [0.29, 0.717) is 23.7 Å². The Kier molecular flexibility index (Phi) is 7.21. The molecule has 182 valence electrons. The van der Waals surface area contributed by atoms with Crippen molar-refractivity contribution in [2.45, 2.75) is 50.5 Å². The summed E-state index contributed by atoms with van der Waals surface area (Å²) in [6.07, 6.45) is 5.29. The van der Waals surface area contributed by atoms with Gasteiger partial charge in [-0.2, -0.15) is 4.98 Å². The second-order valence-electron chi connectivity index (χ2n) is 9.30. The number of hydrogen-bond donors (Lipinski definition) is 2. The summed E-state index contributed by atoms with van der Waals surface area (Å²) in [6, 6.07) is 12.1. The van der Waals surface area contributed by atoms with Crippen LogP contribution in [0.15, 0.2) is 53.1 Å². The van der Waals surface area contributed by atoms with Gasteiger partial charge in [0.05, 0.1) is 12.2 Å². The van der Waals surface area contributed by atoms with E-state index in [1.165, 1.54) is 23.8 Å². The van der Waals surface area contributed by atoms with Gasteiger partial charge in [0, 0.05) is 18.4 Å². The molecule has 8 heteroatoms. The zero-order valence-corrected chi connectivity index (χ0v) is 19.7. The van der Waals surface area contributed by atoms with Crippen LogP contribution in [0.1, 0.15) is 61.1 Å². The lowest BCUT2D eigenvalue weighted by atomic mass is 9.92. The van der Waals surface area contributed by atoms with Crippen molar-refractivity contribution in [3.63, 3.8) is 0 Å². The number of aromatic nitrogens is 2. The van der Waals surface area contributed by atoms with Crippen molar-refractivity contribution in [2.75, 3.05) is 6.61 Å². The maximum Gasteiger partial charge on any atom is 0.244 e. The Hall–Kier alpha value is -3.65. The molecular weight excluding hydrogens is 449 g/mol. The fraction of sp³-hybridized carbons (Fsp3) is 0.333. The Morgan fingerprint density at radius 3 is 2.60 bits per heavy atom. The van der Waals surface area contributed by atoms with Gasteiger partial charge in [0.25, 0.3) is 0 Å². The number of carbonyl (C=O) groups is 2. The number of nitrogens with zero attached hydrogens (tertiary/aromatic N) is 2. The zero-order chi connectivity index (χ0) is 25.0. The molecule has 0 radical (unpaired) electrons. The molecule has 0 bridgehead atoms. The van der Waals surface area contributed by atoms with Crippen LogP contribution < -0.4 is 5.32 Å². The zero-order valence-electron chi connectivity index (χ0n) is 19.7. The number of nitrogens with one attached hydrogen (secondary N) is 1. The topological polar surface area (TPSA) is 105 Å². The van der Waals surface area contributed by atoms with Gasteiger partial charge in [-0.05, 0) is 53.7 Å². The molecule has 1 aliphatic carbocycles. The van der Waals surface area contributed by atoms with E-state index in [1.54, 1.807) is 12.1 Å². The van der Waals surface area contributed by atoms with E-state index >= 15 is 0 Å². The first-order valence-electron chi connectivity index (χ1n) is 11.6. The molecule has 1 heterocycles. The Morgan fingerprint density at radius 1 is 1.26 bits per heavy atom. The molecule has 7 nitrogen and oxygen atoms in total. The van der Waals surface area contributed by atoms with E-state index in [1.807, 2.05) is 24.3 Å². The molecule has 2 N–H and O–H groups in total. The van der Waals surface area contributed by atoms with Crippen LogP contribution in [0.2, 0.25) is 0 Å². The average Bonchev–Trinajstić information content (AvgIpc) is 3.59. The molecule has 35 heavy (non-hydrogen) atoms. The van der Waals surface area contributed by atoms with Crippen molar-refractivity contribution in [3.05, 3.63) is 76.9 Å². The molecule has 1 aliphatic rings. The molecule has 1 saturated carbocycles. The highest BCUT2D eigenvalue weighted by molar-refractivity contribution is 5.94. The predicted octanol–water partition coefficient (Wildman–Crippen LogP) is 4.18.